The first kappa shape index (κ1) is 15.2. The van der Waals surface area contributed by atoms with Gasteiger partial charge in [-0.3, -0.25) is 4.68 Å². The van der Waals surface area contributed by atoms with Crippen molar-refractivity contribution < 1.29 is 0 Å². The molecule has 104 valence electrons. The second kappa shape index (κ2) is 6.90. The summed E-state index contributed by atoms with van der Waals surface area (Å²) < 4.78 is 2.15. The molecular weight excluding hydrogens is 224 g/mol. The number of nitrogens with one attached hydrogen (secondary N) is 1. The highest BCUT2D eigenvalue weighted by molar-refractivity contribution is 5.24. The molecule has 0 saturated heterocycles. The first-order chi connectivity index (χ1) is 8.41. The molecule has 0 radical (unpaired) electrons. The molecule has 1 N–H and O–H groups in total. The first-order valence-corrected chi connectivity index (χ1v) is 6.82. The monoisotopic (exact) mass is 252 g/mol. The Morgan fingerprint density at radius 1 is 1.28 bits per heavy atom. The SMILES string of the molecule is Cc1nn(CCCN(C)C)c(C)c1CNC(C)C. The molecule has 0 fully saturated rings. The smallest absolute Gasteiger partial charge is 0.0641 e. The summed E-state index contributed by atoms with van der Waals surface area (Å²) in [5, 5.41) is 8.11. The molecular formula is C14H28N4. The molecule has 0 aliphatic rings. The molecule has 1 aromatic heterocycles. The molecule has 0 bridgehead atoms. The van der Waals surface area contributed by atoms with Gasteiger partial charge in [0.05, 0.1) is 5.69 Å². The average molecular weight is 252 g/mol. The van der Waals surface area contributed by atoms with Crippen LogP contribution in [0.1, 0.15) is 37.2 Å². The zero-order chi connectivity index (χ0) is 13.7. The molecule has 1 aromatic rings. The van der Waals surface area contributed by atoms with Gasteiger partial charge in [0.25, 0.3) is 0 Å². The third-order valence-corrected chi connectivity index (χ3v) is 3.19. The fourth-order valence-corrected chi connectivity index (χ4v) is 2.05. The van der Waals surface area contributed by atoms with Gasteiger partial charge in [-0.1, -0.05) is 13.8 Å². The summed E-state index contributed by atoms with van der Waals surface area (Å²) in [6.45, 7) is 11.7. The van der Waals surface area contributed by atoms with E-state index in [4.69, 9.17) is 0 Å². The maximum absolute atomic E-state index is 4.64. The van der Waals surface area contributed by atoms with Crippen molar-refractivity contribution in [1.29, 1.82) is 0 Å². The highest BCUT2D eigenvalue weighted by atomic mass is 15.3. The third-order valence-electron chi connectivity index (χ3n) is 3.19. The Balaban J connectivity index is 2.62. The summed E-state index contributed by atoms with van der Waals surface area (Å²) in [7, 11) is 4.22. The second-order valence-electron chi connectivity index (χ2n) is 5.56. The van der Waals surface area contributed by atoms with E-state index < -0.39 is 0 Å². The molecule has 18 heavy (non-hydrogen) atoms. The zero-order valence-electron chi connectivity index (χ0n) is 12.7. The number of aromatic nitrogens is 2. The molecule has 0 atom stereocenters. The highest BCUT2D eigenvalue weighted by Gasteiger charge is 2.11. The summed E-state index contributed by atoms with van der Waals surface area (Å²) >= 11 is 0. The van der Waals surface area contributed by atoms with Crippen LogP contribution in [0, 0.1) is 13.8 Å². The highest BCUT2D eigenvalue weighted by Crippen LogP contribution is 2.13. The Bertz CT molecular complexity index is 366. The molecule has 1 rings (SSSR count). The van der Waals surface area contributed by atoms with E-state index in [1.165, 1.54) is 11.3 Å². The number of hydrogen-bond acceptors (Lipinski definition) is 3. The van der Waals surface area contributed by atoms with E-state index in [-0.39, 0.29) is 0 Å². The van der Waals surface area contributed by atoms with E-state index in [0.29, 0.717) is 6.04 Å². The van der Waals surface area contributed by atoms with Crippen LogP contribution in [0.2, 0.25) is 0 Å². The van der Waals surface area contributed by atoms with Gasteiger partial charge in [0, 0.05) is 30.4 Å². The van der Waals surface area contributed by atoms with Crippen LogP contribution in [0.5, 0.6) is 0 Å². The maximum Gasteiger partial charge on any atom is 0.0641 e. The summed E-state index contributed by atoms with van der Waals surface area (Å²) in [4.78, 5) is 2.22. The molecule has 0 saturated carbocycles. The minimum Gasteiger partial charge on any atom is -0.310 e. The first-order valence-electron chi connectivity index (χ1n) is 6.82. The summed E-state index contributed by atoms with van der Waals surface area (Å²) in [5.41, 5.74) is 3.82. The van der Waals surface area contributed by atoms with E-state index in [2.05, 4.69) is 61.8 Å². The molecule has 0 amide bonds. The van der Waals surface area contributed by atoms with E-state index in [1.54, 1.807) is 0 Å². The van der Waals surface area contributed by atoms with Gasteiger partial charge in [-0.15, -0.1) is 0 Å². The van der Waals surface area contributed by atoms with Crippen LogP contribution in [0.25, 0.3) is 0 Å². The minimum atomic E-state index is 0.515. The van der Waals surface area contributed by atoms with Crippen molar-refractivity contribution in [1.82, 2.24) is 20.0 Å². The molecule has 0 aliphatic carbocycles. The number of rotatable bonds is 7. The number of nitrogens with zero attached hydrogens (tertiary/aromatic N) is 3. The quantitative estimate of drug-likeness (QED) is 0.805. The molecule has 4 heteroatoms. The van der Waals surface area contributed by atoms with Crippen LogP contribution in [0.15, 0.2) is 0 Å². The molecule has 0 aromatic carbocycles. The molecule has 0 spiro atoms. The van der Waals surface area contributed by atoms with Gasteiger partial charge in [-0.2, -0.15) is 5.10 Å². The van der Waals surface area contributed by atoms with E-state index in [0.717, 1.165) is 31.7 Å². The van der Waals surface area contributed by atoms with Crippen molar-refractivity contribution in [2.45, 2.75) is 53.2 Å². The van der Waals surface area contributed by atoms with Crippen LogP contribution in [-0.2, 0) is 13.1 Å². The van der Waals surface area contributed by atoms with Crippen molar-refractivity contribution in [2.75, 3.05) is 20.6 Å². The molecule has 0 unspecified atom stereocenters. The molecule has 1 heterocycles. The van der Waals surface area contributed by atoms with Gasteiger partial charge in [-0.25, -0.2) is 0 Å². The summed E-state index contributed by atoms with van der Waals surface area (Å²) in [6.07, 6.45) is 1.14. The van der Waals surface area contributed by atoms with Gasteiger partial charge in [-0.05, 0) is 40.9 Å². The lowest BCUT2D eigenvalue weighted by molar-refractivity contribution is 0.379. The lowest BCUT2D eigenvalue weighted by Gasteiger charge is -2.11. The summed E-state index contributed by atoms with van der Waals surface area (Å²) in [5.74, 6) is 0. The number of aryl methyl sites for hydroxylation is 2. The van der Waals surface area contributed by atoms with Gasteiger partial charge >= 0.3 is 0 Å². The van der Waals surface area contributed by atoms with Crippen LogP contribution in [-0.4, -0.2) is 41.4 Å². The van der Waals surface area contributed by atoms with Crippen molar-refractivity contribution in [2.24, 2.45) is 0 Å². The Labute approximate surface area is 111 Å². The van der Waals surface area contributed by atoms with Crippen LogP contribution < -0.4 is 5.32 Å². The predicted octanol–water partition coefficient (Wildman–Crippen LogP) is 1.95. The van der Waals surface area contributed by atoms with E-state index in [1.807, 2.05) is 0 Å². The lowest BCUT2D eigenvalue weighted by atomic mass is 10.2. The second-order valence-corrected chi connectivity index (χ2v) is 5.56. The van der Waals surface area contributed by atoms with E-state index >= 15 is 0 Å². The van der Waals surface area contributed by atoms with Crippen LogP contribution in [0.4, 0.5) is 0 Å². The lowest BCUT2D eigenvalue weighted by Crippen LogP contribution is -2.22. The van der Waals surface area contributed by atoms with Gasteiger partial charge in [0.1, 0.15) is 0 Å². The Morgan fingerprint density at radius 3 is 2.50 bits per heavy atom. The van der Waals surface area contributed by atoms with Gasteiger partial charge in [0.2, 0.25) is 0 Å². The normalized spacial score (nSPS) is 11.8. The average Bonchev–Trinajstić information content (AvgIpc) is 2.51. The predicted molar refractivity (Wildman–Crippen MR) is 76.8 cm³/mol. The zero-order valence-corrected chi connectivity index (χ0v) is 12.7. The minimum absolute atomic E-state index is 0.515. The van der Waals surface area contributed by atoms with Crippen molar-refractivity contribution in [3.05, 3.63) is 17.0 Å². The Kier molecular flexibility index (Phi) is 5.82. The Morgan fingerprint density at radius 2 is 1.94 bits per heavy atom. The molecule has 4 nitrogen and oxygen atoms in total. The van der Waals surface area contributed by atoms with Crippen LogP contribution >= 0.6 is 0 Å². The van der Waals surface area contributed by atoms with Crippen molar-refractivity contribution in [3.63, 3.8) is 0 Å². The fourth-order valence-electron chi connectivity index (χ4n) is 2.05. The maximum atomic E-state index is 4.64. The van der Waals surface area contributed by atoms with Gasteiger partial charge in [0.15, 0.2) is 0 Å². The number of hydrogen-bond donors (Lipinski definition) is 1. The van der Waals surface area contributed by atoms with E-state index in [9.17, 15) is 0 Å². The summed E-state index contributed by atoms with van der Waals surface area (Å²) in [6, 6.07) is 0.515. The van der Waals surface area contributed by atoms with Crippen molar-refractivity contribution in [3.8, 4) is 0 Å². The standard InChI is InChI=1S/C14H28N4/c1-11(2)15-10-14-12(3)16-18(13(14)4)9-7-8-17(5)6/h11,15H,7-10H2,1-6H3. The van der Waals surface area contributed by atoms with Crippen LogP contribution in [0.3, 0.4) is 0 Å². The topological polar surface area (TPSA) is 33.1 Å². The third kappa shape index (κ3) is 4.42. The van der Waals surface area contributed by atoms with Gasteiger partial charge < -0.3 is 10.2 Å². The fraction of sp³-hybridized carbons (Fsp3) is 0.786. The molecule has 0 aliphatic heterocycles. The van der Waals surface area contributed by atoms with Crippen molar-refractivity contribution >= 4 is 0 Å². The Hall–Kier alpha value is -0.870. The largest absolute Gasteiger partial charge is 0.310 e.